The van der Waals surface area contributed by atoms with Gasteiger partial charge in [0.1, 0.15) is 18.0 Å². The highest BCUT2D eigenvalue weighted by atomic mass is 16.3. The molecule has 1 heterocycles. The van der Waals surface area contributed by atoms with Crippen LogP contribution in [0.5, 0.6) is 0 Å². The summed E-state index contributed by atoms with van der Waals surface area (Å²) in [6.07, 6.45) is 2.81. The largest absolute Gasteiger partial charge is 0.388 e. The second-order valence-corrected chi connectivity index (χ2v) is 3.61. The fraction of sp³-hybridized carbons (Fsp3) is 0.600. The fourth-order valence-corrected chi connectivity index (χ4v) is 1.22. The average Bonchev–Trinajstić information content (AvgIpc) is 2.26. The Kier molecular flexibility index (Phi) is 3.85. The summed E-state index contributed by atoms with van der Waals surface area (Å²) in [5.74, 6) is 1.06. The third-order valence-corrected chi connectivity index (χ3v) is 2.60. The van der Waals surface area contributed by atoms with E-state index >= 15 is 0 Å². The molecular formula is C10H18N4O. The first kappa shape index (κ1) is 11.7. The number of aromatic nitrogens is 2. The second kappa shape index (κ2) is 4.93. The van der Waals surface area contributed by atoms with Crippen molar-refractivity contribution in [3.05, 3.63) is 12.4 Å². The molecule has 0 fully saturated rings. The molecule has 0 bridgehead atoms. The number of hydrogen-bond acceptors (Lipinski definition) is 5. The molecule has 5 heteroatoms. The van der Waals surface area contributed by atoms with Crippen LogP contribution in [0.4, 0.5) is 11.6 Å². The van der Waals surface area contributed by atoms with E-state index in [0.717, 1.165) is 0 Å². The molecule has 0 aliphatic heterocycles. The molecule has 0 radical (unpaired) electrons. The number of aliphatic hydroxyl groups is 1. The molecule has 15 heavy (non-hydrogen) atoms. The summed E-state index contributed by atoms with van der Waals surface area (Å²) < 4.78 is 0. The molecule has 1 rings (SSSR count). The first-order chi connectivity index (χ1) is 7.09. The SMILES string of the molecule is CCC(O)(CC)CNc1cc(N)ncn1. The van der Waals surface area contributed by atoms with Crippen LogP contribution >= 0.6 is 0 Å². The second-order valence-electron chi connectivity index (χ2n) is 3.61. The van der Waals surface area contributed by atoms with Crippen molar-refractivity contribution in [1.82, 2.24) is 9.97 Å². The van der Waals surface area contributed by atoms with Gasteiger partial charge < -0.3 is 16.2 Å². The summed E-state index contributed by atoms with van der Waals surface area (Å²) in [4.78, 5) is 7.79. The molecule has 0 spiro atoms. The van der Waals surface area contributed by atoms with E-state index in [1.54, 1.807) is 6.07 Å². The van der Waals surface area contributed by atoms with E-state index in [1.165, 1.54) is 6.33 Å². The Labute approximate surface area is 89.7 Å². The van der Waals surface area contributed by atoms with Gasteiger partial charge >= 0.3 is 0 Å². The molecule has 0 amide bonds. The first-order valence-electron chi connectivity index (χ1n) is 5.13. The van der Waals surface area contributed by atoms with Gasteiger partial charge in [-0.05, 0) is 12.8 Å². The van der Waals surface area contributed by atoms with Gasteiger partial charge in [-0.1, -0.05) is 13.8 Å². The van der Waals surface area contributed by atoms with Crippen molar-refractivity contribution in [2.45, 2.75) is 32.3 Å². The molecule has 0 unspecified atom stereocenters. The molecule has 5 nitrogen and oxygen atoms in total. The zero-order valence-corrected chi connectivity index (χ0v) is 9.20. The van der Waals surface area contributed by atoms with E-state index in [0.29, 0.717) is 31.0 Å². The van der Waals surface area contributed by atoms with Gasteiger partial charge in [-0.25, -0.2) is 9.97 Å². The molecule has 0 saturated heterocycles. The van der Waals surface area contributed by atoms with Gasteiger partial charge in [0.25, 0.3) is 0 Å². The van der Waals surface area contributed by atoms with Crippen LogP contribution in [0.15, 0.2) is 12.4 Å². The van der Waals surface area contributed by atoms with E-state index < -0.39 is 5.60 Å². The fourth-order valence-electron chi connectivity index (χ4n) is 1.22. The third-order valence-electron chi connectivity index (χ3n) is 2.60. The maximum atomic E-state index is 10.0. The van der Waals surface area contributed by atoms with E-state index in [9.17, 15) is 5.11 Å². The number of rotatable bonds is 5. The van der Waals surface area contributed by atoms with Crippen LogP contribution in [0, 0.1) is 0 Å². The minimum atomic E-state index is -0.681. The molecule has 84 valence electrons. The minimum Gasteiger partial charge on any atom is -0.388 e. The van der Waals surface area contributed by atoms with Crippen molar-refractivity contribution in [2.24, 2.45) is 0 Å². The third kappa shape index (κ3) is 3.36. The van der Waals surface area contributed by atoms with E-state index in [-0.39, 0.29) is 0 Å². The lowest BCUT2D eigenvalue weighted by Crippen LogP contribution is -2.35. The number of anilines is 2. The van der Waals surface area contributed by atoms with Crippen LogP contribution in [-0.4, -0.2) is 27.2 Å². The molecule has 0 saturated carbocycles. The van der Waals surface area contributed by atoms with Gasteiger partial charge in [-0.3, -0.25) is 0 Å². The van der Waals surface area contributed by atoms with Gasteiger partial charge in [0.2, 0.25) is 0 Å². The highest BCUT2D eigenvalue weighted by Gasteiger charge is 2.21. The Balaban J connectivity index is 2.56. The maximum Gasteiger partial charge on any atom is 0.131 e. The van der Waals surface area contributed by atoms with Crippen molar-refractivity contribution >= 4 is 11.6 Å². The van der Waals surface area contributed by atoms with Crippen molar-refractivity contribution in [3.8, 4) is 0 Å². The highest BCUT2D eigenvalue weighted by molar-refractivity contribution is 5.43. The summed E-state index contributed by atoms with van der Waals surface area (Å²) in [7, 11) is 0. The summed E-state index contributed by atoms with van der Waals surface area (Å²) in [6.45, 7) is 4.38. The summed E-state index contributed by atoms with van der Waals surface area (Å²) >= 11 is 0. The quantitative estimate of drug-likeness (QED) is 0.675. The lowest BCUT2D eigenvalue weighted by molar-refractivity contribution is 0.0456. The monoisotopic (exact) mass is 210 g/mol. The zero-order valence-electron chi connectivity index (χ0n) is 9.20. The first-order valence-corrected chi connectivity index (χ1v) is 5.13. The smallest absolute Gasteiger partial charge is 0.131 e. The molecule has 1 aromatic heterocycles. The van der Waals surface area contributed by atoms with Crippen LogP contribution in [0.1, 0.15) is 26.7 Å². The Morgan fingerprint density at radius 2 is 2.07 bits per heavy atom. The minimum absolute atomic E-state index is 0.420. The van der Waals surface area contributed by atoms with Crippen LogP contribution in [0.2, 0.25) is 0 Å². The standard InChI is InChI=1S/C10H18N4O/c1-3-10(15,4-2)6-12-9-5-8(11)13-7-14-9/h5,7,15H,3-4,6H2,1-2H3,(H3,11,12,13,14). The molecule has 1 aromatic rings. The van der Waals surface area contributed by atoms with E-state index in [2.05, 4.69) is 15.3 Å². The van der Waals surface area contributed by atoms with Crippen molar-refractivity contribution < 1.29 is 5.11 Å². The lowest BCUT2D eigenvalue weighted by atomic mass is 9.98. The zero-order chi connectivity index (χ0) is 11.3. The van der Waals surface area contributed by atoms with E-state index in [4.69, 9.17) is 5.73 Å². The van der Waals surface area contributed by atoms with Gasteiger partial charge in [0.05, 0.1) is 5.60 Å². The molecule has 0 aliphatic carbocycles. The van der Waals surface area contributed by atoms with Crippen LogP contribution in [0.3, 0.4) is 0 Å². The molecule has 0 atom stereocenters. The summed E-state index contributed by atoms with van der Waals surface area (Å²) in [6, 6.07) is 1.64. The molecule has 0 aromatic carbocycles. The number of nitrogens with zero attached hydrogens (tertiary/aromatic N) is 2. The maximum absolute atomic E-state index is 10.0. The topological polar surface area (TPSA) is 84.1 Å². The van der Waals surface area contributed by atoms with E-state index in [1.807, 2.05) is 13.8 Å². The summed E-state index contributed by atoms with van der Waals surface area (Å²) in [5, 5.41) is 13.1. The van der Waals surface area contributed by atoms with Crippen molar-refractivity contribution in [3.63, 3.8) is 0 Å². The predicted molar refractivity (Wildman–Crippen MR) is 60.5 cm³/mol. The number of nitrogens with two attached hydrogens (primary N) is 1. The normalized spacial score (nSPS) is 11.4. The Morgan fingerprint density at radius 3 is 2.60 bits per heavy atom. The van der Waals surface area contributed by atoms with Gasteiger partial charge in [0, 0.05) is 12.6 Å². The molecule has 4 N–H and O–H groups in total. The predicted octanol–water partition coefficient (Wildman–Crippen LogP) is 1.02. The average molecular weight is 210 g/mol. The number of nitrogens with one attached hydrogen (secondary N) is 1. The van der Waals surface area contributed by atoms with Crippen molar-refractivity contribution in [1.29, 1.82) is 0 Å². The Morgan fingerprint density at radius 1 is 1.40 bits per heavy atom. The van der Waals surface area contributed by atoms with Crippen LogP contribution in [-0.2, 0) is 0 Å². The number of hydrogen-bond donors (Lipinski definition) is 3. The lowest BCUT2D eigenvalue weighted by Gasteiger charge is -2.25. The van der Waals surface area contributed by atoms with Crippen LogP contribution in [0.25, 0.3) is 0 Å². The van der Waals surface area contributed by atoms with Crippen molar-refractivity contribution in [2.75, 3.05) is 17.6 Å². The van der Waals surface area contributed by atoms with Gasteiger partial charge in [0.15, 0.2) is 0 Å². The number of nitrogen functional groups attached to an aromatic ring is 1. The van der Waals surface area contributed by atoms with Gasteiger partial charge in [-0.2, -0.15) is 0 Å². The molecule has 0 aliphatic rings. The summed E-state index contributed by atoms with van der Waals surface area (Å²) in [5.41, 5.74) is 4.83. The van der Waals surface area contributed by atoms with Crippen LogP contribution < -0.4 is 11.1 Å². The highest BCUT2D eigenvalue weighted by Crippen LogP contribution is 2.15. The molecular weight excluding hydrogens is 192 g/mol. The van der Waals surface area contributed by atoms with Gasteiger partial charge in [-0.15, -0.1) is 0 Å². The Hall–Kier alpha value is -1.36. The Bertz CT molecular complexity index is 312.